The van der Waals surface area contributed by atoms with Crippen LogP contribution in [0.5, 0.6) is 0 Å². The molecular formula is C16H14N4O2. The molecule has 1 aromatic carbocycles. The summed E-state index contributed by atoms with van der Waals surface area (Å²) in [6.07, 6.45) is 3.43. The highest BCUT2D eigenvalue weighted by molar-refractivity contribution is 5.95. The van der Waals surface area contributed by atoms with E-state index in [0.29, 0.717) is 23.4 Å². The van der Waals surface area contributed by atoms with Crippen molar-refractivity contribution in [1.82, 2.24) is 15.0 Å². The minimum absolute atomic E-state index is 0.176. The Morgan fingerprint density at radius 2 is 1.77 bits per heavy atom. The van der Waals surface area contributed by atoms with Gasteiger partial charge in [0.15, 0.2) is 11.5 Å². The molecule has 0 fully saturated rings. The Kier molecular flexibility index (Phi) is 3.91. The molecule has 3 rings (SSSR count). The van der Waals surface area contributed by atoms with Crippen LogP contribution in [0.25, 0.3) is 11.0 Å². The van der Waals surface area contributed by atoms with Gasteiger partial charge in [0, 0.05) is 18.9 Å². The molecule has 0 aliphatic carbocycles. The summed E-state index contributed by atoms with van der Waals surface area (Å²) in [6, 6.07) is 11.2. The maximum Gasteiger partial charge on any atom is 0.360 e. The molecule has 0 amide bonds. The molecule has 0 aliphatic rings. The van der Waals surface area contributed by atoms with Gasteiger partial charge >= 0.3 is 5.97 Å². The first-order valence-corrected chi connectivity index (χ1v) is 6.76. The van der Waals surface area contributed by atoms with Crippen molar-refractivity contribution in [3.8, 4) is 0 Å². The number of carbonyl (C=O) groups excluding carboxylic acids is 1. The highest BCUT2D eigenvalue weighted by atomic mass is 16.5. The van der Waals surface area contributed by atoms with Gasteiger partial charge in [-0.1, -0.05) is 12.1 Å². The maximum atomic E-state index is 11.9. The van der Waals surface area contributed by atoms with E-state index >= 15 is 0 Å². The fourth-order valence-corrected chi connectivity index (χ4v) is 2.05. The van der Waals surface area contributed by atoms with Crippen molar-refractivity contribution in [2.75, 3.05) is 12.4 Å². The lowest BCUT2D eigenvalue weighted by Gasteiger charge is -2.10. The highest BCUT2D eigenvalue weighted by Crippen LogP contribution is 2.18. The van der Waals surface area contributed by atoms with Crippen molar-refractivity contribution in [3.63, 3.8) is 0 Å². The van der Waals surface area contributed by atoms with Crippen molar-refractivity contribution in [3.05, 3.63) is 60.0 Å². The van der Waals surface area contributed by atoms with Gasteiger partial charge in [0.25, 0.3) is 0 Å². The molecule has 0 saturated carbocycles. The Balaban J connectivity index is 1.97. The number of methoxy groups -OCH3 is 1. The summed E-state index contributed by atoms with van der Waals surface area (Å²) in [5.41, 5.74) is 2.57. The molecule has 0 atom stereocenters. The van der Waals surface area contributed by atoms with E-state index in [4.69, 9.17) is 4.74 Å². The van der Waals surface area contributed by atoms with E-state index in [1.807, 2.05) is 30.3 Å². The van der Waals surface area contributed by atoms with Crippen LogP contribution in [0.3, 0.4) is 0 Å². The second-order valence-corrected chi connectivity index (χ2v) is 4.61. The van der Waals surface area contributed by atoms with E-state index < -0.39 is 5.97 Å². The van der Waals surface area contributed by atoms with Gasteiger partial charge in [-0.25, -0.2) is 14.8 Å². The molecule has 6 heteroatoms. The zero-order valence-corrected chi connectivity index (χ0v) is 12.0. The number of para-hydroxylation sites is 2. The standard InChI is InChI=1S/C16H14N4O2/c1-22-16(21)14-15(18-10-11-6-8-17-9-7-11)20-13-5-3-2-4-12(13)19-14/h2-9H,10H2,1H3,(H,18,20). The molecule has 0 saturated heterocycles. The van der Waals surface area contributed by atoms with Crippen molar-refractivity contribution in [2.45, 2.75) is 6.54 Å². The number of nitrogens with one attached hydrogen (secondary N) is 1. The summed E-state index contributed by atoms with van der Waals surface area (Å²) >= 11 is 0. The number of ether oxygens (including phenoxy) is 1. The van der Waals surface area contributed by atoms with Crippen molar-refractivity contribution in [1.29, 1.82) is 0 Å². The molecular weight excluding hydrogens is 280 g/mol. The zero-order valence-electron chi connectivity index (χ0n) is 12.0. The van der Waals surface area contributed by atoms with Crippen LogP contribution in [0.15, 0.2) is 48.8 Å². The lowest BCUT2D eigenvalue weighted by atomic mass is 10.2. The van der Waals surface area contributed by atoms with Crippen LogP contribution in [0.2, 0.25) is 0 Å². The molecule has 22 heavy (non-hydrogen) atoms. The minimum atomic E-state index is -0.518. The molecule has 6 nitrogen and oxygen atoms in total. The average molecular weight is 294 g/mol. The van der Waals surface area contributed by atoms with Crippen LogP contribution >= 0.6 is 0 Å². The summed E-state index contributed by atoms with van der Waals surface area (Å²) in [7, 11) is 1.33. The van der Waals surface area contributed by atoms with E-state index in [2.05, 4.69) is 20.3 Å². The number of rotatable bonds is 4. The summed E-state index contributed by atoms with van der Waals surface area (Å²) in [4.78, 5) is 24.7. The van der Waals surface area contributed by atoms with Crippen molar-refractivity contribution < 1.29 is 9.53 Å². The van der Waals surface area contributed by atoms with Crippen molar-refractivity contribution in [2.24, 2.45) is 0 Å². The van der Waals surface area contributed by atoms with Gasteiger partial charge in [0.2, 0.25) is 0 Å². The topological polar surface area (TPSA) is 77.0 Å². The van der Waals surface area contributed by atoms with E-state index in [1.165, 1.54) is 7.11 Å². The quantitative estimate of drug-likeness (QED) is 0.745. The van der Waals surface area contributed by atoms with Gasteiger partial charge in [0.05, 0.1) is 18.1 Å². The molecule has 0 bridgehead atoms. The first-order valence-electron chi connectivity index (χ1n) is 6.76. The number of pyridine rings is 1. The van der Waals surface area contributed by atoms with E-state index in [9.17, 15) is 4.79 Å². The second kappa shape index (κ2) is 6.17. The van der Waals surface area contributed by atoms with Crippen LogP contribution in [0.4, 0.5) is 5.82 Å². The Labute approximate surface area is 127 Å². The molecule has 2 heterocycles. The fourth-order valence-electron chi connectivity index (χ4n) is 2.05. The number of benzene rings is 1. The lowest BCUT2D eigenvalue weighted by molar-refractivity contribution is 0.0595. The van der Waals surface area contributed by atoms with Gasteiger partial charge < -0.3 is 10.1 Å². The Bertz CT molecular complexity index is 806. The van der Waals surface area contributed by atoms with Crippen LogP contribution in [-0.4, -0.2) is 28.0 Å². The number of hydrogen-bond donors (Lipinski definition) is 1. The van der Waals surface area contributed by atoms with Crippen LogP contribution in [-0.2, 0) is 11.3 Å². The monoisotopic (exact) mass is 294 g/mol. The Hall–Kier alpha value is -3.02. The molecule has 0 radical (unpaired) electrons. The number of aromatic nitrogens is 3. The molecule has 3 aromatic rings. The molecule has 0 spiro atoms. The van der Waals surface area contributed by atoms with E-state index in [0.717, 1.165) is 5.56 Å². The first kappa shape index (κ1) is 13.9. The smallest absolute Gasteiger partial charge is 0.360 e. The summed E-state index contributed by atoms with van der Waals surface area (Å²) in [5.74, 6) is -0.113. The summed E-state index contributed by atoms with van der Waals surface area (Å²) in [6.45, 7) is 0.513. The van der Waals surface area contributed by atoms with Crippen LogP contribution in [0, 0.1) is 0 Å². The number of esters is 1. The lowest BCUT2D eigenvalue weighted by Crippen LogP contribution is -2.12. The largest absolute Gasteiger partial charge is 0.464 e. The number of nitrogens with zero attached hydrogens (tertiary/aromatic N) is 3. The van der Waals surface area contributed by atoms with Gasteiger partial charge in [-0.2, -0.15) is 0 Å². The second-order valence-electron chi connectivity index (χ2n) is 4.61. The van der Waals surface area contributed by atoms with Crippen molar-refractivity contribution >= 4 is 22.8 Å². The predicted octanol–water partition coefficient (Wildman–Crippen LogP) is 2.42. The number of carbonyl (C=O) groups is 1. The third-order valence-corrected chi connectivity index (χ3v) is 3.16. The Morgan fingerprint density at radius 3 is 2.45 bits per heavy atom. The zero-order chi connectivity index (χ0) is 15.4. The highest BCUT2D eigenvalue weighted by Gasteiger charge is 2.16. The van der Waals surface area contributed by atoms with Gasteiger partial charge in [-0.15, -0.1) is 0 Å². The normalized spacial score (nSPS) is 10.4. The van der Waals surface area contributed by atoms with Gasteiger partial charge in [-0.3, -0.25) is 4.98 Å². The number of anilines is 1. The summed E-state index contributed by atoms with van der Waals surface area (Å²) in [5, 5.41) is 3.13. The fraction of sp³-hybridized carbons (Fsp3) is 0.125. The molecule has 110 valence electrons. The number of fused-ring (bicyclic) bond motifs is 1. The van der Waals surface area contributed by atoms with E-state index in [-0.39, 0.29) is 5.69 Å². The molecule has 0 aliphatic heterocycles. The number of hydrogen-bond acceptors (Lipinski definition) is 6. The van der Waals surface area contributed by atoms with Gasteiger partial charge in [0.1, 0.15) is 0 Å². The molecule has 1 N–H and O–H groups in total. The third-order valence-electron chi connectivity index (χ3n) is 3.16. The Morgan fingerprint density at radius 1 is 1.09 bits per heavy atom. The maximum absolute atomic E-state index is 11.9. The molecule has 0 unspecified atom stereocenters. The SMILES string of the molecule is COC(=O)c1nc2ccccc2nc1NCc1ccncc1. The third kappa shape index (κ3) is 2.85. The van der Waals surface area contributed by atoms with Gasteiger partial charge in [-0.05, 0) is 29.8 Å². The first-order chi connectivity index (χ1) is 10.8. The van der Waals surface area contributed by atoms with Crippen LogP contribution < -0.4 is 5.32 Å². The van der Waals surface area contributed by atoms with Crippen LogP contribution in [0.1, 0.15) is 16.1 Å². The minimum Gasteiger partial charge on any atom is -0.464 e. The average Bonchev–Trinajstić information content (AvgIpc) is 2.59. The predicted molar refractivity (Wildman–Crippen MR) is 82.4 cm³/mol. The van der Waals surface area contributed by atoms with E-state index in [1.54, 1.807) is 18.5 Å². The summed E-state index contributed by atoms with van der Waals surface area (Å²) < 4.78 is 4.79. The molecule has 2 aromatic heterocycles.